The second-order valence-electron chi connectivity index (χ2n) is 12.8. The Morgan fingerprint density at radius 1 is 0.520 bits per heavy atom. The molecule has 0 amide bonds. The summed E-state index contributed by atoms with van der Waals surface area (Å²) in [6.07, 6.45) is 0.899. The summed E-state index contributed by atoms with van der Waals surface area (Å²) in [6, 6.07) is 54.9. The van der Waals surface area contributed by atoms with Gasteiger partial charge in [-0.15, -0.1) is 0 Å². The van der Waals surface area contributed by atoms with Crippen molar-refractivity contribution in [1.29, 1.82) is 0 Å². The summed E-state index contributed by atoms with van der Waals surface area (Å²) in [4.78, 5) is 17.8. The monoisotopic (exact) mass is 642 g/mol. The molecule has 10 rings (SSSR count). The van der Waals surface area contributed by atoms with E-state index in [2.05, 4.69) is 89.8 Å². The molecule has 0 N–H and O–H groups in total. The fourth-order valence-electron chi connectivity index (χ4n) is 7.47. The van der Waals surface area contributed by atoms with Crippen molar-refractivity contribution in [3.8, 4) is 34.2 Å². The Hall–Kier alpha value is -6.59. The number of furan rings is 1. The van der Waals surface area contributed by atoms with E-state index in [9.17, 15) is 0 Å². The van der Waals surface area contributed by atoms with Crippen LogP contribution in [0.3, 0.4) is 0 Å². The van der Waals surface area contributed by atoms with E-state index in [0.717, 1.165) is 50.6 Å². The summed E-state index contributed by atoms with van der Waals surface area (Å²) in [7, 11) is 0. The molecule has 1 aliphatic rings. The van der Waals surface area contributed by atoms with Gasteiger partial charge in [0.05, 0.1) is 5.69 Å². The number of benzene rings is 7. The van der Waals surface area contributed by atoms with Crippen molar-refractivity contribution in [3.05, 3.63) is 174 Å². The number of rotatable bonds is 5. The third kappa shape index (κ3) is 4.74. The molecule has 0 aliphatic carbocycles. The zero-order valence-corrected chi connectivity index (χ0v) is 27.1. The Kier molecular flexibility index (Phi) is 6.56. The Morgan fingerprint density at radius 2 is 1.16 bits per heavy atom. The van der Waals surface area contributed by atoms with Crippen LogP contribution in [-0.4, -0.2) is 15.0 Å². The van der Waals surface area contributed by atoms with Crippen molar-refractivity contribution < 1.29 is 4.42 Å². The molecule has 50 heavy (non-hydrogen) atoms. The van der Waals surface area contributed by atoms with E-state index in [4.69, 9.17) is 19.4 Å². The van der Waals surface area contributed by atoms with Gasteiger partial charge in [-0.05, 0) is 46.3 Å². The lowest BCUT2D eigenvalue weighted by molar-refractivity contribution is 0.668. The van der Waals surface area contributed by atoms with E-state index < -0.39 is 0 Å². The molecule has 9 aromatic rings. The summed E-state index contributed by atoms with van der Waals surface area (Å²) in [5, 5.41) is 4.52. The first-order valence-corrected chi connectivity index (χ1v) is 16.9. The van der Waals surface area contributed by atoms with Crippen LogP contribution in [0.5, 0.6) is 0 Å². The number of para-hydroxylation sites is 2. The van der Waals surface area contributed by atoms with Crippen LogP contribution >= 0.6 is 0 Å². The summed E-state index contributed by atoms with van der Waals surface area (Å²) >= 11 is 0. The topological polar surface area (TPSA) is 55.1 Å². The van der Waals surface area contributed by atoms with Crippen molar-refractivity contribution >= 4 is 44.1 Å². The van der Waals surface area contributed by atoms with Crippen LogP contribution in [0.2, 0.25) is 0 Å². The van der Waals surface area contributed by atoms with Crippen molar-refractivity contribution in [3.63, 3.8) is 0 Å². The maximum absolute atomic E-state index is 6.59. The average Bonchev–Trinajstić information content (AvgIpc) is 3.56. The van der Waals surface area contributed by atoms with Gasteiger partial charge in [-0.25, -0.2) is 15.0 Å². The number of anilines is 2. The second-order valence-corrected chi connectivity index (χ2v) is 12.8. The minimum Gasteiger partial charge on any atom is -0.456 e. The molecular weight excluding hydrogens is 613 g/mol. The largest absolute Gasteiger partial charge is 0.456 e. The van der Waals surface area contributed by atoms with Crippen LogP contribution in [-0.2, 0) is 13.0 Å². The van der Waals surface area contributed by atoms with Crippen LogP contribution in [0, 0.1) is 0 Å². The van der Waals surface area contributed by atoms with Gasteiger partial charge < -0.3 is 9.32 Å². The van der Waals surface area contributed by atoms with Gasteiger partial charge in [0, 0.05) is 51.5 Å². The van der Waals surface area contributed by atoms with E-state index in [-0.39, 0.29) is 0 Å². The predicted molar refractivity (Wildman–Crippen MR) is 202 cm³/mol. The molecule has 0 fully saturated rings. The second kappa shape index (κ2) is 11.5. The number of fused-ring (bicyclic) bond motifs is 7. The van der Waals surface area contributed by atoms with E-state index in [1.165, 1.54) is 33.3 Å². The minimum atomic E-state index is 0.612. The molecular formula is C45H30N4O. The first kappa shape index (κ1) is 28.4. The van der Waals surface area contributed by atoms with Gasteiger partial charge in [0.2, 0.25) is 0 Å². The highest BCUT2D eigenvalue weighted by Gasteiger charge is 2.26. The first-order valence-electron chi connectivity index (χ1n) is 16.9. The third-order valence-corrected chi connectivity index (χ3v) is 9.74. The molecule has 7 aromatic carbocycles. The lowest BCUT2D eigenvalue weighted by atomic mass is 9.91. The zero-order valence-electron chi connectivity index (χ0n) is 27.1. The van der Waals surface area contributed by atoms with Gasteiger partial charge in [0.1, 0.15) is 11.2 Å². The van der Waals surface area contributed by atoms with Gasteiger partial charge in [-0.3, -0.25) is 0 Å². The Balaban J connectivity index is 1.21. The van der Waals surface area contributed by atoms with Crippen LogP contribution in [0.15, 0.2) is 162 Å². The average molecular weight is 643 g/mol. The van der Waals surface area contributed by atoms with Crippen molar-refractivity contribution in [2.45, 2.75) is 13.0 Å². The minimum absolute atomic E-state index is 0.612. The van der Waals surface area contributed by atoms with Crippen LogP contribution in [0.4, 0.5) is 11.4 Å². The molecule has 0 bridgehead atoms. The first-order chi connectivity index (χ1) is 24.8. The molecule has 0 radical (unpaired) electrons. The summed E-state index contributed by atoms with van der Waals surface area (Å²) < 4.78 is 6.59. The van der Waals surface area contributed by atoms with Crippen molar-refractivity contribution in [1.82, 2.24) is 15.0 Å². The van der Waals surface area contributed by atoms with Crippen LogP contribution in [0.1, 0.15) is 16.7 Å². The molecule has 2 aromatic heterocycles. The fraction of sp³-hybridized carbons (Fsp3) is 0.0444. The summed E-state index contributed by atoms with van der Waals surface area (Å²) in [6.45, 7) is 0.639. The summed E-state index contributed by atoms with van der Waals surface area (Å²) in [5.41, 5.74) is 10.7. The maximum Gasteiger partial charge on any atom is 0.164 e. The number of hydrogen-bond donors (Lipinski definition) is 0. The lowest BCUT2D eigenvalue weighted by Crippen LogP contribution is -2.23. The molecule has 0 unspecified atom stereocenters. The van der Waals surface area contributed by atoms with Gasteiger partial charge in [-0.2, -0.15) is 0 Å². The Bertz CT molecular complexity index is 2660. The molecule has 0 saturated heterocycles. The Morgan fingerprint density at radius 3 is 1.94 bits per heavy atom. The van der Waals surface area contributed by atoms with E-state index >= 15 is 0 Å². The van der Waals surface area contributed by atoms with Crippen LogP contribution < -0.4 is 4.90 Å². The molecule has 0 spiro atoms. The molecule has 236 valence electrons. The van der Waals surface area contributed by atoms with Crippen LogP contribution in [0.25, 0.3) is 66.9 Å². The smallest absolute Gasteiger partial charge is 0.164 e. The number of nitrogens with zero attached hydrogens (tertiary/aromatic N) is 4. The van der Waals surface area contributed by atoms with Gasteiger partial charge >= 0.3 is 0 Å². The normalized spacial score (nSPS) is 12.4. The van der Waals surface area contributed by atoms with E-state index in [0.29, 0.717) is 24.0 Å². The highest BCUT2D eigenvalue weighted by Crippen LogP contribution is 2.45. The maximum atomic E-state index is 6.59. The molecule has 0 saturated carbocycles. The SMILES string of the molecule is c1ccc(-c2nc(-c3ccccc3)nc(-c3cc(CN4c5ccccc5Cc5ccc6ccccc6c54)cc4oc5ccccc5c34)n2)cc1. The highest BCUT2D eigenvalue weighted by atomic mass is 16.3. The number of aromatic nitrogens is 3. The lowest BCUT2D eigenvalue weighted by Gasteiger charge is -2.34. The molecule has 5 nitrogen and oxygen atoms in total. The van der Waals surface area contributed by atoms with Crippen molar-refractivity contribution in [2.75, 3.05) is 4.90 Å². The fourth-order valence-corrected chi connectivity index (χ4v) is 7.47. The molecule has 1 aliphatic heterocycles. The van der Waals surface area contributed by atoms with Crippen molar-refractivity contribution in [2.24, 2.45) is 0 Å². The molecule has 3 heterocycles. The van der Waals surface area contributed by atoms with Gasteiger partial charge in [-0.1, -0.05) is 133 Å². The number of hydrogen-bond acceptors (Lipinski definition) is 5. The molecule has 0 atom stereocenters. The van der Waals surface area contributed by atoms with Gasteiger partial charge in [0.25, 0.3) is 0 Å². The highest BCUT2D eigenvalue weighted by molar-refractivity contribution is 6.12. The molecule has 5 heteroatoms. The summed E-state index contributed by atoms with van der Waals surface area (Å²) in [5.74, 6) is 1.87. The Labute approximate surface area is 289 Å². The quantitative estimate of drug-likeness (QED) is 0.187. The van der Waals surface area contributed by atoms with Gasteiger partial charge in [0.15, 0.2) is 17.5 Å². The third-order valence-electron chi connectivity index (χ3n) is 9.74. The zero-order chi connectivity index (χ0) is 33.0. The van der Waals surface area contributed by atoms with E-state index in [1.54, 1.807) is 0 Å². The standard InChI is InChI=1S/C45H30N4O/c1-3-14-31(15-4-1)43-46-44(32-16-5-2-6-17-32)48-45(47-43)37-25-29(26-40-41(37)36-20-10-12-22-39(36)50-40)28-49-38-21-11-8-18-33(38)27-34-24-23-30-13-7-9-19-35(30)42(34)49/h1-26H,27-28H2. The predicted octanol–water partition coefficient (Wildman–Crippen LogP) is 11.2. The van der Waals surface area contributed by atoms with E-state index in [1.807, 2.05) is 72.8 Å².